The lowest BCUT2D eigenvalue weighted by atomic mass is 10.2. The molecule has 0 saturated carbocycles. The second-order valence-corrected chi connectivity index (χ2v) is 8.31. The van der Waals surface area contributed by atoms with Crippen molar-refractivity contribution in [1.82, 2.24) is 19.9 Å². The topological polar surface area (TPSA) is 94.4 Å². The molecule has 0 aliphatic carbocycles. The first-order valence-corrected chi connectivity index (χ1v) is 9.69. The zero-order valence-corrected chi connectivity index (χ0v) is 15.2. The van der Waals surface area contributed by atoms with Crippen LogP contribution >= 0.6 is 0 Å². The molecule has 25 heavy (non-hydrogen) atoms. The minimum atomic E-state index is -3.06. The highest BCUT2D eigenvalue weighted by molar-refractivity contribution is 7.91. The molecule has 8 nitrogen and oxygen atoms in total. The van der Waals surface area contributed by atoms with E-state index in [1.807, 2.05) is 18.2 Å². The monoisotopic (exact) mass is 364 g/mol. The Kier molecular flexibility index (Phi) is 4.51. The Morgan fingerprint density at radius 1 is 1.36 bits per heavy atom. The van der Waals surface area contributed by atoms with Gasteiger partial charge in [-0.3, -0.25) is 4.79 Å². The molecule has 1 aliphatic rings. The Bertz CT molecular complexity index is 907. The third kappa shape index (κ3) is 3.23. The minimum Gasteiger partial charge on any atom is -0.494 e. The van der Waals surface area contributed by atoms with Crippen LogP contribution in [-0.4, -0.2) is 65.9 Å². The van der Waals surface area contributed by atoms with Gasteiger partial charge in [-0.2, -0.15) is 0 Å². The van der Waals surface area contributed by atoms with Gasteiger partial charge in [0.15, 0.2) is 15.5 Å². The van der Waals surface area contributed by atoms with Crippen molar-refractivity contribution in [3.8, 4) is 11.4 Å². The molecular weight excluding hydrogens is 344 g/mol. The van der Waals surface area contributed by atoms with Gasteiger partial charge in [0.1, 0.15) is 11.4 Å². The highest BCUT2D eigenvalue weighted by Gasteiger charge is 2.34. The van der Waals surface area contributed by atoms with Gasteiger partial charge in [-0.25, -0.2) is 13.1 Å². The zero-order chi connectivity index (χ0) is 18.2. The zero-order valence-electron chi connectivity index (χ0n) is 14.3. The largest absolute Gasteiger partial charge is 0.494 e. The van der Waals surface area contributed by atoms with E-state index < -0.39 is 9.84 Å². The first-order valence-electron chi connectivity index (χ1n) is 7.87. The average molecular weight is 364 g/mol. The van der Waals surface area contributed by atoms with Crippen LogP contribution in [-0.2, 0) is 9.84 Å². The summed E-state index contributed by atoms with van der Waals surface area (Å²) >= 11 is 0. The minimum absolute atomic E-state index is 0.00503. The Hall–Kier alpha value is -2.42. The maximum atomic E-state index is 12.7. The van der Waals surface area contributed by atoms with Crippen molar-refractivity contribution in [2.24, 2.45) is 0 Å². The Morgan fingerprint density at radius 2 is 2.08 bits per heavy atom. The van der Waals surface area contributed by atoms with Crippen LogP contribution in [0.5, 0.6) is 5.75 Å². The second kappa shape index (κ2) is 6.47. The molecule has 1 aromatic heterocycles. The van der Waals surface area contributed by atoms with Gasteiger partial charge in [-0.1, -0.05) is 17.3 Å². The number of aromatic nitrogens is 3. The molecule has 0 unspecified atom stereocenters. The molecule has 1 atom stereocenters. The number of hydrogen-bond donors (Lipinski definition) is 0. The molecule has 1 aromatic carbocycles. The van der Waals surface area contributed by atoms with E-state index in [2.05, 4.69) is 10.3 Å². The molecule has 0 radical (unpaired) electrons. The van der Waals surface area contributed by atoms with E-state index in [1.54, 1.807) is 31.8 Å². The number of rotatable bonds is 4. The van der Waals surface area contributed by atoms with Crippen LogP contribution in [0.4, 0.5) is 0 Å². The fourth-order valence-electron chi connectivity index (χ4n) is 2.97. The summed E-state index contributed by atoms with van der Waals surface area (Å²) in [5.74, 6) is 0.391. The predicted octanol–water partition coefficient (Wildman–Crippen LogP) is 0.843. The van der Waals surface area contributed by atoms with E-state index >= 15 is 0 Å². The van der Waals surface area contributed by atoms with E-state index in [0.717, 1.165) is 0 Å². The molecule has 1 fully saturated rings. The average Bonchev–Trinajstić information content (AvgIpc) is 3.15. The number of methoxy groups -OCH3 is 1. The number of benzene rings is 1. The first-order chi connectivity index (χ1) is 11.8. The summed E-state index contributed by atoms with van der Waals surface area (Å²) in [5.41, 5.74) is 1.46. The van der Waals surface area contributed by atoms with Crippen molar-refractivity contribution in [2.45, 2.75) is 19.4 Å². The molecule has 2 aromatic rings. The number of carbonyl (C=O) groups is 1. The summed E-state index contributed by atoms with van der Waals surface area (Å²) in [6, 6.07) is 6.98. The molecular formula is C16H20N4O4S. The summed E-state index contributed by atoms with van der Waals surface area (Å²) in [6.45, 7) is 1.75. The molecule has 1 saturated heterocycles. The molecule has 134 valence electrons. The van der Waals surface area contributed by atoms with Crippen LogP contribution < -0.4 is 4.74 Å². The van der Waals surface area contributed by atoms with Crippen LogP contribution in [0, 0.1) is 6.92 Å². The summed E-state index contributed by atoms with van der Waals surface area (Å²) < 4.78 is 30.2. The van der Waals surface area contributed by atoms with E-state index in [4.69, 9.17) is 4.74 Å². The highest BCUT2D eigenvalue weighted by atomic mass is 32.2. The lowest BCUT2D eigenvalue weighted by Crippen LogP contribution is -2.38. The van der Waals surface area contributed by atoms with Gasteiger partial charge < -0.3 is 9.64 Å². The van der Waals surface area contributed by atoms with E-state index in [-0.39, 0.29) is 29.1 Å². The normalized spacial score (nSPS) is 18.9. The van der Waals surface area contributed by atoms with Crippen LogP contribution in [0.3, 0.4) is 0 Å². The third-order valence-corrected chi connectivity index (χ3v) is 6.24. The molecule has 0 spiro atoms. The van der Waals surface area contributed by atoms with Gasteiger partial charge in [0.05, 0.1) is 24.3 Å². The summed E-state index contributed by atoms with van der Waals surface area (Å²) in [5, 5.41) is 8.09. The van der Waals surface area contributed by atoms with Crippen molar-refractivity contribution in [3.05, 3.63) is 35.7 Å². The number of amides is 1. The molecule has 0 bridgehead atoms. The number of nitrogens with zero attached hydrogens (tertiary/aromatic N) is 4. The molecule has 3 rings (SSSR count). The van der Waals surface area contributed by atoms with Crippen LogP contribution in [0.1, 0.15) is 22.6 Å². The van der Waals surface area contributed by atoms with Crippen molar-refractivity contribution in [2.75, 3.05) is 25.7 Å². The van der Waals surface area contributed by atoms with Crippen molar-refractivity contribution < 1.29 is 17.9 Å². The smallest absolute Gasteiger partial charge is 0.276 e. The van der Waals surface area contributed by atoms with E-state index in [0.29, 0.717) is 23.6 Å². The maximum absolute atomic E-state index is 12.7. The van der Waals surface area contributed by atoms with Crippen molar-refractivity contribution in [3.63, 3.8) is 0 Å². The summed E-state index contributed by atoms with van der Waals surface area (Å²) in [6.07, 6.45) is 0.449. The van der Waals surface area contributed by atoms with Crippen LogP contribution in [0.25, 0.3) is 5.69 Å². The lowest BCUT2D eigenvalue weighted by Gasteiger charge is -2.22. The summed E-state index contributed by atoms with van der Waals surface area (Å²) in [7, 11) is 0.103. The first kappa shape index (κ1) is 17.4. The van der Waals surface area contributed by atoms with Gasteiger partial charge >= 0.3 is 0 Å². The van der Waals surface area contributed by atoms with Crippen LogP contribution in [0.15, 0.2) is 24.3 Å². The van der Waals surface area contributed by atoms with E-state index in [9.17, 15) is 13.2 Å². The molecule has 0 N–H and O–H groups in total. The molecule has 2 heterocycles. The van der Waals surface area contributed by atoms with Crippen molar-refractivity contribution in [1.29, 1.82) is 0 Å². The van der Waals surface area contributed by atoms with Gasteiger partial charge in [0, 0.05) is 13.1 Å². The Balaban J connectivity index is 1.89. The van der Waals surface area contributed by atoms with Gasteiger partial charge in [0.2, 0.25) is 0 Å². The van der Waals surface area contributed by atoms with Crippen molar-refractivity contribution >= 4 is 15.7 Å². The van der Waals surface area contributed by atoms with E-state index in [1.165, 1.54) is 4.90 Å². The third-order valence-electron chi connectivity index (χ3n) is 4.49. The highest BCUT2D eigenvalue weighted by Crippen LogP contribution is 2.24. The summed E-state index contributed by atoms with van der Waals surface area (Å²) in [4.78, 5) is 14.2. The fraction of sp³-hybridized carbons (Fsp3) is 0.438. The standard InChI is InChI=1S/C16H20N4O4S/c1-11-15(16(21)19(2)12-8-9-25(22,23)10-12)17-18-20(11)13-6-4-5-7-14(13)24-3/h4-7,12H,8-10H2,1-3H3/t12-/m1/s1. The molecule has 1 amide bonds. The quantitative estimate of drug-likeness (QED) is 0.798. The second-order valence-electron chi connectivity index (χ2n) is 6.08. The van der Waals surface area contributed by atoms with Gasteiger partial charge in [0.25, 0.3) is 5.91 Å². The SMILES string of the molecule is COc1ccccc1-n1nnc(C(=O)N(C)[C@@H]2CCS(=O)(=O)C2)c1C. The lowest BCUT2D eigenvalue weighted by molar-refractivity contribution is 0.0741. The van der Waals surface area contributed by atoms with Gasteiger partial charge in [-0.15, -0.1) is 5.10 Å². The number of sulfone groups is 1. The maximum Gasteiger partial charge on any atom is 0.276 e. The molecule has 9 heteroatoms. The van der Waals surface area contributed by atoms with Crippen LogP contribution in [0.2, 0.25) is 0 Å². The molecule has 1 aliphatic heterocycles. The number of hydrogen-bond acceptors (Lipinski definition) is 6. The Labute approximate surface area is 146 Å². The van der Waals surface area contributed by atoms with Gasteiger partial charge in [-0.05, 0) is 25.5 Å². The fourth-order valence-corrected chi connectivity index (χ4v) is 4.75. The Morgan fingerprint density at radius 3 is 2.72 bits per heavy atom. The number of ether oxygens (including phenoxy) is 1. The predicted molar refractivity (Wildman–Crippen MR) is 91.8 cm³/mol. The number of para-hydroxylation sites is 2. The number of carbonyl (C=O) groups excluding carboxylic acids is 1.